The van der Waals surface area contributed by atoms with Crippen molar-refractivity contribution in [2.75, 3.05) is 33.3 Å². The Balaban J connectivity index is 1.50. The zero-order valence-electron chi connectivity index (χ0n) is 15.1. The molecule has 0 atom stereocenters. The summed E-state index contributed by atoms with van der Waals surface area (Å²) in [7, 11) is -1.79. The van der Waals surface area contributed by atoms with Crippen LogP contribution < -0.4 is 10.1 Å². The van der Waals surface area contributed by atoms with Crippen molar-refractivity contribution in [3.8, 4) is 5.75 Å². The molecule has 2 aliphatic rings. The van der Waals surface area contributed by atoms with Gasteiger partial charge in [-0.3, -0.25) is 0 Å². The number of piperidine rings is 2. The van der Waals surface area contributed by atoms with E-state index in [1.807, 2.05) is 0 Å². The molecule has 25 heavy (non-hydrogen) atoms. The summed E-state index contributed by atoms with van der Waals surface area (Å²) in [6.45, 7) is 3.60. The number of sulfonamides is 1. The first-order valence-electron chi connectivity index (χ1n) is 9.44. The van der Waals surface area contributed by atoms with Crippen molar-refractivity contribution in [3.63, 3.8) is 0 Å². The summed E-state index contributed by atoms with van der Waals surface area (Å²) >= 11 is 0. The lowest BCUT2D eigenvalue weighted by Crippen LogP contribution is -2.38. The average Bonchev–Trinajstić information content (AvgIpc) is 2.67. The largest absolute Gasteiger partial charge is 0.497 e. The van der Waals surface area contributed by atoms with Crippen molar-refractivity contribution >= 4 is 10.0 Å². The Morgan fingerprint density at radius 3 is 2.12 bits per heavy atom. The Bertz CT molecular complexity index is 631. The van der Waals surface area contributed by atoms with Crippen LogP contribution in [-0.2, 0) is 10.0 Å². The standard InChI is InChI=1S/C19H30N2O3S/c1-24-18-4-6-19(7-5-18)25(22,23)21-14-10-17(11-15-21)3-2-16-8-12-20-13-9-16/h4-7,16-17,20H,2-3,8-15H2,1H3. The molecule has 1 N–H and O–H groups in total. The molecule has 0 amide bonds. The molecule has 140 valence electrons. The van der Waals surface area contributed by atoms with Crippen molar-refractivity contribution in [2.45, 2.75) is 43.4 Å². The monoisotopic (exact) mass is 366 g/mol. The van der Waals surface area contributed by atoms with E-state index in [1.54, 1.807) is 35.7 Å². The number of methoxy groups -OCH3 is 1. The third-order valence-electron chi connectivity index (χ3n) is 5.71. The van der Waals surface area contributed by atoms with E-state index in [9.17, 15) is 8.42 Å². The van der Waals surface area contributed by atoms with Gasteiger partial charge >= 0.3 is 0 Å². The normalized spacial score (nSPS) is 21.3. The quantitative estimate of drug-likeness (QED) is 0.841. The molecule has 0 aliphatic carbocycles. The van der Waals surface area contributed by atoms with Gasteiger partial charge in [-0.1, -0.05) is 12.8 Å². The van der Waals surface area contributed by atoms with Gasteiger partial charge in [-0.25, -0.2) is 8.42 Å². The van der Waals surface area contributed by atoms with Crippen molar-refractivity contribution in [1.82, 2.24) is 9.62 Å². The molecule has 1 aromatic carbocycles. The van der Waals surface area contributed by atoms with Crippen LogP contribution in [0.2, 0.25) is 0 Å². The zero-order valence-corrected chi connectivity index (χ0v) is 15.9. The fourth-order valence-electron chi connectivity index (χ4n) is 3.98. The number of nitrogens with zero attached hydrogens (tertiary/aromatic N) is 1. The predicted molar refractivity (Wildman–Crippen MR) is 99.3 cm³/mol. The summed E-state index contributed by atoms with van der Waals surface area (Å²) in [5, 5.41) is 3.42. The molecule has 3 rings (SSSR count). The summed E-state index contributed by atoms with van der Waals surface area (Å²) in [4.78, 5) is 0.362. The van der Waals surface area contributed by atoms with Crippen LogP contribution in [0.3, 0.4) is 0 Å². The number of nitrogens with one attached hydrogen (secondary N) is 1. The SMILES string of the molecule is COc1ccc(S(=O)(=O)N2CCC(CCC3CCNCC3)CC2)cc1. The maximum Gasteiger partial charge on any atom is 0.243 e. The Hall–Kier alpha value is -1.11. The summed E-state index contributed by atoms with van der Waals surface area (Å²) in [5.41, 5.74) is 0. The maximum absolute atomic E-state index is 12.8. The van der Waals surface area contributed by atoms with Gasteiger partial charge in [0.1, 0.15) is 5.75 Å². The van der Waals surface area contributed by atoms with Gasteiger partial charge in [-0.05, 0) is 74.9 Å². The van der Waals surface area contributed by atoms with Crippen LogP contribution in [0.1, 0.15) is 38.5 Å². The van der Waals surface area contributed by atoms with Gasteiger partial charge in [0.05, 0.1) is 12.0 Å². The van der Waals surface area contributed by atoms with Crippen LogP contribution in [0, 0.1) is 11.8 Å². The number of ether oxygens (including phenoxy) is 1. The van der Waals surface area contributed by atoms with E-state index >= 15 is 0 Å². The first kappa shape index (κ1) is 18.7. The molecule has 0 unspecified atom stereocenters. The minimum atomic E-state index is -3.38. The summed E-state index contributed by atoms with van der Waals surface area (Å²) in [6.07, 6.45) is 7.12. The number of rotatable bonds is 6. The molecular weight excluding hydrogens is 336 g/mol. The van der Waals surface area contributed by atoms with E-state index in [1.165, 1.54) is 25.7 Å². The third-order valence-corrected chi connectivity index (χ3v) is 7.63. The summed E-state index contributed by atoms with van der Waals surface area (Å²) in [5.74, 6) is 2.22. The van der Waals surface area contributed by atoms with Gasteiger partial charge in [0, 0.05) is 13.1 Å². The summed E-state index contributed by atoms with van der Waals surface area (Å²) in [6, 6.07) is 6.69. The molecule has 2 saturated heterocycles. The van der Waals surface area contributed by atoms with E-state index < -0.39 is 10.0 Å². The second-order valence-electron chi connectivity index (χ2n) is 7.29. The Morgan fingerprint density at radius 1 is 1.00 bits per heavy atom. The van der Waals surface area contributed by atoms with Crippen molar-refractivity contribution in [1.29, 1.82) is 0 Å². The molecule has 0 saturated carbocycles. The van der Waals surface area contributed by atoms with Gasteiger partial charge in [-0.2, -0.15) is 4.31 Å². The Labute approximate surface area is 151 Å². The third kappa shape index (κ3) is 4.74. The molecule has 2 heterocycles. The highest BCUT2D eigenvalue weighted by atomic mass is 32.2. The number of hydrogen-bond acceptors (Lipinski definition) is 4. The Kier molecular flexibility index (Phi) is 6.36. The van der Waals surface area contributed by atoms with Gasteiger partial charge < -0.3 is 10.1 Å². The van der Waals surface area contributed by atoms with E-state index in [0.717, 1.165) is 31.8 Å². The molecule has 2 aliphatic heterocycles. The van der Waals surface area contributed by atoms with E-state index in [-0.39, 0.29) is 0 Å². The molecule has 1 aromatic rings. The van der Waals surface area contributed by atoms with Crippen LogP contribution in [0.4, 0.5) is 0 Å². The van der Waals surface area contributed by atoms with Crippen LogP contribution in [0.5, 0.6) is 5.75 Å². The van der Waals surface area contributed by atoms with E-state index in [4.69, 9.17) is 4.74 Å². The topological polar surface area (TPSA) is 58.6 Å². The van der Waals surface area contributed by atoms with Gasteiger partial charge in [0.15, 0.2) is 0 Å². The van der Waals surface area contributed by atoms with Crippen LogP contribution in [0.25, 0.3) is 0 Å². The Morgan fingerprint density at radius 2 is 1.56 bits per heavy atom. The fourth-order valence-corrected chi connectivity index (χ4v) is 5.45. The molecule has 0 spiro atoms. The lowest BCUT2D eigenvalue weighted by molar-refractivity contribution is 0.239. The predicted octanol–water partition coefficient (Wildman–Crippen LogP) is 2.88. The molecule has 6 heteroatoms. The van der Waals surface area contributed by atoms with Crippen LogP contribution >= 0.6 is 0 Å². The minimum Gasteiger partial charge on any atom is -0.497 e. The molecule has 0 aromatic heterocycles. The first-order chi connectivity index (χ1) is 12.1. The molecule has 5 nitrogen and oxygen atoms in total. The van der Waals surface area contributed by atoms with Crippen molar-refractivity contribution in [2.24, 2.45) is 11.8 Å². The van der Waals surface area contributed by atoms with Crippen molar-refractivity contribution < 1.29 is 13.2 Å². The van der Waals surface area contributed by atoms with Gasteiger partial charge in [-0.15, -0.1) is 0 Å². The maximum atomic E-state index is 12.8. The molecule has 0 radical (unpaired) electrons. The molecule has 0 bridgehead atoms. The van der Waals surface area contributed by atoms with Gasteiger partial charge in [0.2, 0.25) is 10.0 Å². The number of hydrogen-bond donors (Lipinski definition) is 1. The van der Waals surface area contributed by atoms with Gasteiger partial charge in [0.25, 0.3) is 0 Å². The smallest absolute Gasteiger partial charge is 0.243 e. The highest BCUT2D eigenvalue weighted by molar-refractivity contribution is 7.89. The highest BCUT2D eigenvalue weighted by Crippen LogP contribution is 2.29. The molecule has 2 fully saturated rings. The van der Waals surface area contributed by atoms with Crippen LogP contribution in [0.15, 0.2) is 29.2 Å². The summed E-state index contributed by atoms with van der Waals surface area (Å²) < 4.78 is 32.3. The lowest BCUT2D eigenvalue weighted by atomic mass is 9.86. The second-order valence-corrected chi connectivity index (χ2v) is 9.23. The zero-order chi connectivity index (χ0) is 17.7. The average molecular weight is 367 g/mol. The van der Waals surface area contributed by atoms with E-state index in [2.05, 4.69) is 5.32 Å². The number of benzene rings is 1. The van der Waals surface area contributed by atoms with Crippen LogP contribution in [-0.4, -0.2) is 46.0 Å². The second kappa shape index (κ2) is 8.52. The fraction of sp³-hybridized carbons (Fsp3) is 0.684. The van der Waals surface area contributed by atoms with E-state index in [0.29, 0.717) is 29.7 Å². The highest BCUT2D eigenvalue weighted by Gasteiger charge is 2.29. The minimum absolute atomic E-state index is 0.362. The lowest BCUT2D eigenvalue weighted by Gasteiger charge is -2.32. The van der Waals surface area contributed by atoms with Crippen molar-refractivity contribution in [3.05, 3.63) is 24.3 Å². The first-order valence-corrected chi connectivity index (χ1v) is 10.9. The molecular formula is C19H30N2O3S.